The van der Waals surface area contributed by atoms with Gasteiger partial charge in [-0.05, 0) is 36.1 Å². The van der Waals surface area contributed by atoms with Crippen molar-refractivity contribution < 1.29 is 4.79 Å². The summed E-state index contributed by atoms with van der Waals surface area (Å²) in [4.78, 5) is 26.0. The number of hydrogen-bond donors (Lipinski definition) is 1. The molecule has 0 saturated heterocycles. The summed E-state index contributed by atoms with van der Waals surface area (Å²) in [6, 6.07) is 29.8. The first-order valence-electron chi connectivity index (χ1n) is 11.8. The highest BCUT2D eigenvalue weighted by Gasteiger charge is 2.31. The van der Waals surface area contributed by atoms with Crippen molar-refractivity contribution >= 4 is 5.91 Å². The van der Waals surface area contributed by atoms with E-state index in [1.165, 1.54) is 4.68 Å². The van der Waals surface area contributed by atoms with Crippen LogP contribution in [0.5, 0.6) is 0 Å². The number of carbonyl (C=O) groups excluding carboxylic acids is 1. The van der Waals surface area contributed by atoms with Crippen LogP contribution in [0.25, 0.3) is 5.69 Å². The summed E-state index contributed by atoms with van der Waals surface area (Å²) in [5.74, 6) is 1.08. The van der Waals surface area contributed by atoms with Crippen molar-refractivity contribution in [1.29, 1.82) is 0 Å². The van der Waals surface area contributed by atoms with Gasteiger partial charge in [-0.25, -0.2) is 14.0 Å². The molecule has 34 heavy (non-hydrogen) atoms. The Morgan fingerprint density at radius 1 is 0.882 bits per heavy atom. The van der Waals surface area contributed by atoms with E-state index >= 15 is 0 Å². The third-order valence-electron chi connectivity index (χ3n) is 6.26. The molecule has 1 aliphatic rings. The predicted octanol–water partition coefficient (Wildman–Crippen LogP) is 4.25. The Balaban J connectivity index is 1.27. The van der Waals surface area contributed by atoms with E-state index in [0.29, 0.717) is 25.4 Å². The lowest BCUT2D eigenvalue weighted by Crippen LogP contribution is -2.32. The number of benzene rings is 3. The molecule has 1 fully saturated rings. The fraction of sp³-hybridized carbons (Fsp3) is 0.250. The summed E-state index contributed by atoms with van der Waals surface area (Å²) in [6.07, 6.45) is 2.45. The van der Waals surface area contributed by atoms with Crippen LogP contribution in [-0.2, 0) is 11.3 Å². The summed E-state index contributed by atoms with van der Waals surface area (Å²) < 4.78 is 3.19. The smallest absolute Gasteiger partial charge is 0.350 e. The van der Waals surface area contributed by atoms with Gasteiger partial charge < -0.3 is 5.32 Å². The number of para-hydroxylation sites is 1. The van der Waals surface area contributed by atoms with Crippen LogP contribution < -0.4 is 11.0 Å². The fourth-order valence-electron chi connectivity index (χ4n) is 4.35. The summed E-state index contributed by atoms with van der Waals surface area (Å²) >= 11 is 0. The molecule has 0 aliphatic heterocycles. The molecule has 1 saturated carbocycles. The van der Waals surface area contributed by atoms with Crippen molar-refractivity contribution in [3.63, 3.8) is 0 Å². The predicted molar refractivity (Wildman–Crippen MR) is 132 cm³/mol. The first-order valence-corrected chi connectivity index (χ1v) is 11.8. The molecule has 1 amide bonds. The van der Waals surface area contributed by atoms with Crippen LogP contribution in [0.1, 0.15) is 48.0 Å². The van der Waals surface area contributed by atoms with Crippen molar-refractivity contribution in [3.05, 3.63) is 118 Å². The molecule has 6 nitrogen and oxygen atoms in total. The maximum atomic E-state index is 13.1. The second-order valence-electron chi connectivity index (χ2n) is 8.74. The molecular weight excluding hydrogens is 424 g/mol. The number of rotatable bonds is 9. The highest BCUT2D eigenvalue weighted by molar-refractivity contribution is 5.77. The summed E-state index contributed by atoms with van der Waals surface area (Å²) in [5.41, 5.74) is 2.89. The summed E-state index contributed by atoms with van der Waals surface area (Å²) in [6.45, 7) is 0.691. The molecule has 3 aromatic carbocycles. The Labute approximate surface area is 198 Å². The minimum atomic E-state index is -0.159. The highest BCUT2D eigenvalue weighted by Crippen LogP contribution is 2.39. The largest absolute Gasteiger partial charge is 0.354 e. The van der Waals surface area contributed by atoms with Gasteiger partial charge in [0.2, 0.25) is 5.91 Å². The van der Waals surface area contributed by atoms with E-state index in [0.717, 1.165) is 35.5 Å². The normalized spacial score (nSPS) is 13.2. The Hall–Kier alpha value is -3.93. The molecule has 1 N–H and O–H groups in total. The number of carbonyl (C=O) groups is 1. The highest BCUT2D eigenvalue weighted by atomic mass is 16.2. The van der Waals surface area contributed by atoms with Crippen LogP contribution in [0.2, 0.25) is 0 Å². The molecule has 1 heterocycles. The number of nitrogens with one attached hydrogen (secondary N) is 1. The second-order valence-corrected chi connectivity index (χ2v) is 8.74. The molecule has 4 aromatic rings. The van der Waals surface area contributed by atoms with Gasteiger partial charge in [0.15, 0.2) is 0 Å². The van der Waals surface area contributed by atoms with Gasteiger partial charge in [-0.2, -0.15) is 5.10 Å². The molecule has 0 atom stereocenters. The molecule has 0 unspecified atom stereocenters. The molecule has 0 radical (unpaired) electrons. The Kier molecular flexibility index (Phi) is 6.38. The summed E-state index contributed by atoms with van der Waals surface area (Å²) in [7, 11) is 0. The zero-order chi connectivity index (χ0) is 23.3. The van der Waals surface area contributed by atoms with Crippen molar-refractivity contribution in [2.75, 3.05) is 6.54 Å². The van der Waals surface area contributed by atoms with Crippen LogP contribution in [0.15, 0.2) is 95.8 Å². The van der Waals surface area contributed by atoms with Gasteiger partial charge in [-0.1, -0.05) is 78.9 Å². The lowest BCUT2D eigenvalue weighted by Gasteiger charge is -2.18. The first kappa shape index (κ1) is 21.9. The van der Waals surface area contributed by atoms with E-state index in [2.05, 4.69) is 34.7 Å². The van der Waals surface area contributed by atoms with Gasteiger partial charge in [-0.15, -0.1) is 0 Å². The third-order valence-corrected chi connectivity index (χ3v) is 6.26. The van der Waals surface area contributed by atoms with Crippen molar-refractivity contribution in [3.8, 4) is 5.69 Å². The molecule has 0 bridgehead atoms. The van der Waals surface area contributed by atoms with Gasteiger partial charge in [0.1, 0.15) is 5.82 Å². The lowest BCUT2D eigenvalue weighted by atomic mass is 9.88. The van der Waals surface area contributed by atoms with Crippen molar-refractivity contribution in [1.82, 2.24) is 19.7 Å². The van der Waals surface area contributed by atoms with Gasteiger partial charge in [0.05, 0.1) is 12.2 Å². The maximum absolute atomic E-state index is 13.1. The first-order chi connectivity index (χ1) is 16.7. The molecule has 172 valence electrons. The number of hydrogen-bond acceptors (Lipinski definition) is 3. The topological polar surface area (TPSA) is 68.9 Å². The zero-order valence-corrected chi connectivity index (χ0v) is 19.0. The fourth-order valence-corrected chi connectivity index (χ4v) is 4.35. The third kappa shape index (κ3) is 4.86. The Morgan fingerprint density at radius 3 is 2.00 bits per heavy atom. The van der Waals surface area contributed by atoms with Gasteiger partial charge in [-0.3, -0.25) is 4.79 Å². The number of amides is 1. The zero-order valence-electron chi connectivity index (χ0n) is 19.0. The van der Waals surface area contributed by atoms with Crippen LogP contribution in [0.4, 0.5) is 0 Å². The molecule has 0 spiro atoms. The monoisotopic (exact) mass is 452 g/mol. The number of aromatic nitrogens is 3. The SMILES string of the molecule is O=C(CC(c1ccccc1)c1ccccc1)NCCn1nc(C2CC2)n(-c2ccccc2)c1=O. The average molecular weight is 453 g/mol. The van der Waals surface area contributed by atoms with Crippen molar-refractivity contribution in [2.45, 2.75) is 37.6 Å². The molecule has 1 aliphatic carbocycles. The summed E-state index contributed by atoms with van der Waals surface area (Å²) in [5, 5.41) is 7.61. The minimum absolute atomic E-state index is 0.0242. The quantitative estimate of drug-likeness (QED) is 0.413. The second kappa shape index (κ2) is 9.91. The molecule has 5 rings (SSSR count). The van der Waals surface area contributed by atoms with Crippen LogP contribution >= 0.6 is 0 Å². The lowest BCUT2D eigenvalue weighted by molar-refractivity contribution is -0.121. The minimum Gasteiger partial charge on any atom is -0.354 e. The van der Waals surface area contributed by atoms with E-state index in [1.807, 2.05) is 66.7 Å². The molecule has 6 heteroatoms. The van der Waals surface area contributed by atoms with Crippen LogP contribution in [-0.4, -0.2) is 26.8 Å². The van der Waals surface area contributed by atoms with Crippen molar-refractivity contribution in [2.24, 2.45) is 0 Å². The maximum Gasteiger partial charge on any atom is 0.350 e. The van der Waals surface area contributed by atoms with Crippen LogP contribution in [0, 0.1) is 0 Å². The Morgan fingerprint density at radius 2 is 1.44 bits per heavy atom. The molecule has 1 aromatic heterocycles. The van der Waals surface area contributed by atoms with E-state index in [4.69, 9.17) is 0 Å². The Bertz CT molecular complexity index is 1250. The standard InChI is InChI=1S/C28H28N4O2/c33-26(20-25(21-10-4-1-5-11-21)22-12-6-2-7-13-22)29-18-19-31-28(34)32(24-14-8-3-9-15-24)27(30-31)23-16-17-23/h1-15,23,25H,16-20H2,(H,29,33). The van der Waals surface area contributed by atoms with Gasteiger partial charge in [0.25, 0.3) is 0 Å². The van der Waals surface area contributed by atoms with E-state index in [9.17, 15) is 9.59 Å². The van der Waals surface area contributed by atoms with Gasteiger partial charge >= 0.3 is 5.69 Å². The number of nitrogens with zero attached hydrogens (tertiary/aromatic N) is 3. The van der Waals surface area contributed by atoms with E-state index in [1.54, 1.807) is 4.57 Å². The van der Waals surface area contributed by atoms with Gasteiger partial charge in [0, 0.05) is 24.8 Å². The van der Waals surface area contributed by atoms with E-state index in [-0.39, 0.29) is 17.5 Å². The van der Waals surface area contributed by atoms with Crippen LogP contribution in [0.3, 0.4) is 0 Å². The van der Waals surface area contributed by atoms with E-state index < -0.39 is 0 Å². The average Bonchev–Trinajstić information content (AvgIpc) is 3.68. The molecular formula is C28H28N4O2.